The zero-order valence-electron chi connectivity index (χ0n) is 27.8. The molecular formula is C30H44N4O14. The lowest BCUT2D eigenvalue weighted by atomic mass is 9.89. The van der Waals surface area contributed by atoms with Crippen molar-refractivity contribution < 1.29 is 67.9 Å². The van der Waals surface area contributed by atoms with Gasteiger partial charge in [-0.3, -0.25) is 9.59 Å². The minimum Gasteiger partial charge on any atom is -0.480 e. The van der Waals surface area contributed by atoms with Gasteiger partial charge < -0.3 is 50.4 Å². The molecule has 2 fully saturated rings. The molecule has 0 aromatic heterocycles. The van der Waals surface area contributed by atoms with Crippen LogP contribution in [0.25, 0.3) is 0 Å². The number of carboxylic acids is 3. The third-order valence-electron chi connectivity index (χ3n) is 6.45. The van der Waals surface area contributed by atoms with E-state index < -0.39 is 70.2 Å². The highest BCUT2D eigenvalue weighted by Gasteiger charge is 2.45. The molecule has 2 saturated heterocycles. The van der Waals surface area contributed by atoms with Crippen molar-refractivity contribution in [3.63, 3.8) is 0 Å². The average molecular weight is 685 g/mol. The summed E-state index contributed by atoms with van der Waals surface area (Å²) >= 11 is 0. The molecule has 0 spiro atoms. The molecule has 3 heterocycles. The molecule has 0 aromatic carbocycles. The van der Waals surface area contributed by atoms with E-state index in [0.717, 1.165) is 18.2 Å². The van der Waals surface area contributed by atoms with Gasteiger partial charge in [-0.15, -0.1) is 0 Å². The Bertz CT molecular complexity index is 1310. The van der Waals surface area contributed by atoms with Crippen LogP contribution in [0.1, 0.15) is 67.2 Å². The number of aliphatic carboxylic acids is 3. The molecule has 3 aliphatic heterocycles. The summed E-state index contributed by atoms with van der Waals surface area (Å²) in [5.41, 5.74) is 1.39. The highest BCUT2D eigenvalue weighted by Crippen LogP contribution is 2.24. The van der Waals surface area contributed by atoms with Crippen LogP contribution < -0.4 is 11.1 Å². The standard InChI is InChI=1S/C15H22N2O7.C11H20N2O4.C4H2O3/c1-14(2,3)24-13(23)17-8-4-7-15(9-17,12(21)22)16-10(18)5-6-11(19)20;1-10(2,3)17-9(16)13-6-4-5-11(12,7-13)8(14)15;5-3-1-2-4(6)7-3/h5-6H,4,7-9H2,1-3H3,(H,16,18)(H,19,20)(H,21,22);4-7,12H2,1-3H3,(H,14,15);1-2H/b6-5-;;. The van der Waals surface area contributed by atoms with Crippen molar-refractivity contribution in [1.82, 2.24) is 15.1 Å². The molecule has 18 heteroatoms. The monoisotopic (exact) mass is 684 g/mol. The third-order valence-corrected chi connectivity index (χ3v) is 6.45. The van der Waals surface area contributed by atoms with Gasteiger partial charge in [0, 0.05) is 37.4 Å². The maximum absolute atomic E-state index is 12.1. The van der Waals surface area contributed by atoms with Gasteiger partial charge in [-0.05, 0) is 67.2 Å². The summed E-state index contributed by atoms with van der Waals surface area (Å²) in [4.78, 5) is 91.2. The number of carbonyl (C=O) groups is 8. The molecule has 3 amide bonds. The van der Waals surface area contributed by atoms with Gasteiger partial charge in [-0.25, -0.2) is 28.8 Å². The zero-order valence-corrected chi connectivity index (χ0v) is 27.8. The van der Waals surface area contributed by atoms with Crippen LogP contribution >= 0.6 is 0 Å². The van der Waals surface area contributed by atoms with Crippen molar-refractivity contribution in [3.8, 4) is 0 Å². The minimum atomic E-state index is -1.69. The van der Waals surface area contributed by atoms with Crippen LogP contribution in [0.15, 0.2) is 24.3 Å². The fourth-order valence-electron chi connectivity index (χ4n) is 4.34. The Kier molecular flexibility index (Phi) is 14.3. The molecular weight excluding hydrogens is 640 g/mol. The van der Waals surface area contributed by atoms with E-state index in [9.17, 15) is 43.5 Å². The number of rotatable bonds is 5. The van der Waals surface area contributed by atoms with Crippen molar-refractivity contribution in [2.75, 3.05) is 26.2 Å². The summed E-state index contributed by atoms with van der Waals surface area (Å²) in [5.74, 6) is -5.71. The van der Waals surface area contributed by atoms with Crippen LogP contribution in [0.5, 0.6) is 0 Å². The second kappa shape index (κ2) is 16.7. The van der Waals surface area contributed by atoms with Gasteiger partial charge in [0.05, 0.1) is 13.1 Å². The first-order chi connectivity index (χ1) is 21.9. The summed E-state index contributed by atoms with van der Waals surface area (Å²) in [5, 5.41) is 29.3. The lowest BCUT2D eigenvalue weighted by Crippen LogP contribution is -2.64. The number of esters is 2. The summed E-state index contributed by atoms with van der Waals surface area (Å²) in [7, 11) is 0. The number of ether oxygens (including phenoxy) is 3. The van der Waals surface area contributed by atoms with Crippen molar-refractivity contribution in [2.45, 2.75) is 89.5 Å². The fraction of sp³-hybridized carbons (Fsp3) is 0.600. The molecule has 6 N–H and O–H groups in total. The summed E-state index contributed by atoms with van der Waals surface area (Å²) < 4.78 is 14.4. The number of carboxylic acid groups (broad SMARTS) is 3. The van der Waals surface area contributed by atoms with Gasteiger partial charge in [-0.1, -0.05) is 0 Å². The molecule has 0 bridgehead atoms. The maximum atomic E-state index is 12.1. The highest BCUT2D eigenvalue weighted by atomic mass is 16.6. The normalized spacial score (nSPS) is 22.3. The van der Waals surface area contributed by atoms with Crippen LogP contribution in [0.3, 0.4) is 0 Å². The number of likely N-dealkylation sites (tertiary alicyclic amines) is 2. The number of piperidine rings is 2. The number of cyclic esters (lactones) is 2. The van der Waals surface area contributed by atoms with E-state index in [1.54, 1.807) is 41.5 Å². The summed E-state index contributed by atoms with van der Waals surface area (Å²) in [6, 6.07) is 0. The first-order valence-electron chi connectivity index (χ1n) is 14.8. The average Bonchev–Trinajstić information content (AvgIpc) is 3.33. The van der Waals surface area contributed by atoms with Gasteiger partial charge in [-0.2, -0.15) is 0 Å². The number of carbonyl (C=O) groups excluding carboxylic acids is 5. The Labute approximate surface area is 276 Å². The molecule has 48 heavy (non-hydrogen) atoms. The second-order valence-electron chi connectivity index (χ2n) is 13.1. The highest BCUT2D eigenvalue weighted by molar-refractivity contribution is 6.05. The van der Waals surface area contributed by atoms with Crippen molar-refractivity contribution in [2.24, 2.45) is 5.73 Å². The Morgan fingerprint density at radius 2 is 1.25 bits per heavy atom. The summed E-state index contributed by atoms with van der Waals surface area (Å²) in [6.45, 7) is 10.9. The van der Waals surface area contributed by atoms with E-state index in [4.69, 9.17) is 25.4 Å². The van der Waals surface area contributed by atoms with Gasteiger partial charge in [0.2, 0.25) is 5.91 Å². The van der Waals surface area contributed by atoms with E-state index in [1.165, 1.54) is 9.80 Å². The van der Waals surface area contributed by atoms with E-state index in [1.807, 2.05) is 0 Å². The van der Waals surface area contributed by atoms with Crippen LogP contribution in [-0.4, -0.2) is 122 Å². The van der Waals surface area contributed by atoms with E-state index >= 15 is 0 Å². The smallest absolute Gasteiger partial charge is 0.410 e. The number of hydrogen-bond acceptors (Lipinski definition) is 12. The fourth-order valence-corrected chi connectivity index (χ4v) is 4.34. The predicted molar refractivity (Wildman–Crippen MR) is 164 cm³/mol. The number of amides is 3. The molecule has 0 aromatic rings. The Balaban J connectivity index is 0.000000413. The van der Waals surface area contributed by atoms with E-state index in [-0.39, 0.29) is 19.5 Å². The number of nitrogens with zero attached hydrogens (tertiary/aromatic N) is 2. The molecule has 2 atom stereocenters. The Morgan fingerprint density at radius 3 is 1.62 bits per heavy atom. The number of nitrogens with two attached hydrogens (primary N) is 1. The quantitative estimate of drug-likeness (QED) is 0.117. The number of nitrogens with one attached hydrogen (secondary N) is 1. The SMILES string of the molecule is CC(C)(C)OC(=O)N1CCCC(N)(C(=O)O)C1.CC(C)(C)OC(=O)N1CCCC(NC(=O)/C=C\C(=O)O)(C(=O)O)C1.O=C1C=CC(=O)O1. The lowest BCUT2D eigenvalue weighted by molar-refractivity contribution is -0.151. The van der Waals surface area contributed by atoms with Crippen molar-refractivity contribution in [3.05, 3.63) is 24.3 Å². The zero-order chi connectivity index (χ0) is 37.1. The molecule has 3 rings (SSSR count). The molecule has 2 unspecified atom stereocenters. The van der Waals surface area contributed by atoms with Crippen molar-refractivity contribution >= 4 is 47.9 Å². The molecule has 268 valence electrons. The van der Waals surface area contributed by atoms with Crippen molar-refractivity contribution in [1.29, 1.82) is 0 Å². The van der Waals surface area contributed by atoms with Gasteiger partial charge in [0.15, 0.2) is 5.54 Å². The van der Waals surface area contributed by atoms with Crippen LogP contribution in [0.4, 0.5) is 9.59 Å². The molecule has 18 nitrogen and oxygen atoms in total. The maximum Gasteiger partial charge on any atom is 0.410 e. The molecule has 0 saturated carbocycles. The van der Waals surface area contributed by atoms with E-state index in [2.05, 4.69) is 10.1 Å². The third kappa shape index (κ3) is 14.2. The topological polar surface area (TPSA) is 269 Å². The molecule has 0 radical (unpaired) electrons. The van der Waals surface area contributed by atoms with Gasteiger partial charge in [0.1, 0.15) is 16.7 Å². The predicted octanol–water partition coefficient (Wildman–Crippen LogP) is 1.02. The van der Waals surface area contributed by atoms with Crippen LogP contribution in [0.2, 0.25) is 0 Å². The lowest BCUT2D eigenvalue weighted by Gasteiger charge is -2.40. The first kappa shape index (κ1) is 41.0. The van der Waals surface area contributed by atoms with E-state index in [0.29, 0.717) is 38.4 Å². The van der Waals surface area contributed by atoms with Gasteiger partial charge >= 0.3 is 42.0 Å². The van der Waals surface area contributed by atoms with Crippen LogP contribution in [-0.2, 0) is 43.0 Å². The minimum absolute atomic E-state index is 0.00273. The number of hydrogen-bond donors (Lipinski definition) is 5. The molecule has 3 aliphatic rings. The van der Waals surface area contributed by atoms with Gasteiger partial charge in [0.25, 0.3) is 0 Å². The Morgan fingerprint density at radius 1 is 0.792 bits per heavy atom. The summed E-state index contributed by atoms with van der Waals surface area (Å²) in [6.07, 6.45) is 3.77. The van der Waals surface area contributed by atoms with Crippen LogP contribution in [0, 0.1) is 0 Å². The second-order valence-corrected chi connectivity index (χ2v) is 13.1. The first-order valence-corrected chi connectivity index (χ1v) is 14.8. The molecule has 0 aliphatic carbocycles. The Hall–Kier alpha value is -5.00. The largest absolute Gasteiger partial charge is 0.480 e.